The van der Waals surface area contributed by atoms with Gasteiger partial charge in [0.1, 0.15) is 0 Å². The molecule has 3 heteroatoms. The molecule has 1 aliphatic rings. The minimum absolute atomic E-state index is 0.133. The monoisotopic (exact) mass is 211 g/mol. The van der Waals surface area contributed by atoms with Crippen LogP contribution in [0.2, 0.25) is 0 Å². The van der Waals surface area contributed by atoms with Crippen LogP contribution in [0.15, 0.2) is 48.3 Å². The van der Waals surface area contributed by atoms with E-state index in [9.17, 15) is 4.79 Å². The maximum Gasteiger partial charge on any atom is 0.255 e. The van der Waals surface area contributed by atoms with Crippen LogP contribution >= 0.6 is 0 Å². The predicted molar refractivity (Wildman–Crippen MR) is 63.8 cm³/mol. The van der Waals surface area contributed by atoms with Gasteiger partial charge in [-0.2, -0.15) is 0 Å². The van der Waals surface area contributed by atoms with Crippen molar-refractivity contribution in [2.24, 2.45) is 0 Å². The molecule has 0 fully saturated rings. The van der Waals surface area contributed by atoms with Gasteiger partial charge in [-0.05, 0) is 24.6 Å². The maximum atomic E-state index is 11.8. The summed E-state index contributed by atoms with van der Waals surface area (Å²) in [6, 6.07) is 7.11. The Morgan fingerprint density at radius 2 is 2.00 bits per heavy atom. The molecular formula is C13H11N2O+. The molecule has 0 saturated carbocycles. The standard InChI is InChI=1S/C13H11N2O/c1-10-2-4-11(5-3-10)13(16)15-12-6-8-14-9-7-12/h2-9H,1H2,(H,15,16)/q+1. The first-order chi connectivity index (χ1) is 7.75. The lowest BCUT2D eigenvalue weighted by atomic mass is 10.1. The second-order valence-corrected chi connectivity index (χ2v) is 3.39. The Hall–Kier alpha value is -2.16. The van der Waals surface area contributed by atoms with Crippen LogP contribution in [0.4, 0.5) is 0 Å². The van der Waals surface area contributed by atoms with Gasteiger partial charge in [0.2, 0.25) is 12.4 Å². The Morgan fingerprint density at radius 1 is 1.25 bits per heavy atom. The number of allylic oxidation sites excluding steroid dienone is 2. The summed E-state index contributed by atoms with van der Waals surface area (Å²) in [4.78, 5) is 15.7. The predicted octanol–water partition coefficient (Wildman–Crippen LogP) is 1.42. The quantitative estimate of drug-likeness (QED) is 0.789. The van der Waals surface area contributed by atoms with E-state index in [2.05, 4.69) is 17.2 Å². The van der Waals surface area contributed by atoms with Crippen LogP contribution in [0.5, 0.6) is 0 Å². The number of nitrogens with one attached hydrogen (secondary N) is 1. The van der Waals surface area contributed by atoms with Crippen LogP contribution in [-0.4, -0.2) is 12.1 Å². The highest BCUT2D eigenvalue weighted by molar-refractivity contribution is 5.96. The third-order valence-corrected chi connectivity index (χ3v) is 2.15. The van der Waals surface area contributed by atoms with Crippen LogP contribution in [0, 0.1) is 6.92 Å². The van der Waals surface area contributed by atoms with Crippen molar-refractivity contribution in [2.75, 3.05) is 0 Å². The summed E-state index contributed by atoms with van der Waals surface area (Å²) in [7, 11) is 0. The third kappa shape index (κ3) is 2.45. The van der Waals surface area contributed by atoms with Crippen molar-refractivity contribution < 1.29 is 4.79 Å². The average Bonchev–Trinajstić information content (AvgIpc) is 2.31. The van der Waals surface area contributed by atoms with E-state index in [1.807, 2.05) is 12.1 Å². The van der Waals surface area contributed by atoms with E-state index in [1.54, 1.807) is 36.7 Å². The Bertz CT molecular complexity index is 481. The zero-order chi connectivity index (χ0) is 11.4. The molecule has 1 heterocycles. The van der Waals surface area contributed by atoms with Gasteiger partial charge in [-0.15, -0.1) is 0 Å². The first kappa shape index (κ1) is 10.4. The maximum absolute atomic E-state index is 11.8. The molecule has 2 radical (unpaired) electrons. The third-order valence-electron chi connectivity index (χ3n) is 2.15. The second-order valence-electron chi connectivity index (χ2n) is 3.39. The zero-order valence-electron chi connectivity index (χ0n) is 8.68. The lowest BCUT2D eigenvalue weighted by Crippen LogP contribution is -2.22. The number of aliphatic imine (C=N–C) groups is 1. The Kier molecular flexibility index (Phi) is 2.96. The van der Waals surface area contributed by atoms with Crippen molar-refractivity contribution >= 4 is 12.1 Å². The molecule has 0 saturated heterocycles. The molecule has 0 aliphatic carbocycles. The molecule has 1 aromatic carbocycles. The fourth-order valence-electron chi connectivity index (χ4n) is 1.29. The Morgan fingerprint density at radius 3 is 2.62 bits per heavy atom. The number of hydrogen-bond acceptors (Lipinski definition) is 2. The molecular weight excluding hydrogens is 200 g/mol. The molecule has 0 atom stereocenters. The Balaban J connectivity index is 2.09. The normalized spacial score (nSPS) is 13.4. The van der Waals surface area contributed by atoms with Crippen molar-refractivity contribution in [1.29, 1.82) is 0 Å². The van der Waals surface area contributed by atoms with Crippen LogP contribution in [0.1, 0.15) is 15.9 Å². The van der Waals surface area contributed by atoms with Crippen molar-refractivity contribution in [3.8, 4) is 0 Å². The summed E-state index contributed by atoms with van der Waals surface area (Å²) in [5.41, 5.74) is 2.24. The summed E-state index contributed by atoms with van der Waals surface area (Å²) in [5, 5.41) is 2.78. The average molecular weight is 211 g/mol. The highest BCUT2D eigenvalue weighted by atomic mass is 16.1. The number of benzene rings is 1. The van der Waals surface area contributed by atoms with Gasteiger partial charge >= 0.3 is 0 Å². The first-order valence-electron chi connectivity index (χ1n) is 4.89. The summed E-state index contributed by atoms with van der Waals surface area (Å²) in [6.45, 7) is 3.77. The number of carbonyl (C=O) groups excluding carboxylic acids is 1. The molecule has 3 nitrogen and oxygen atoms in total. The summed E-state index contributed by atoms with van der Waals surface area (Å²) in [5.74, 6) is -0.133. The number of nitrogens with zero attached hydrogens (tertiary/aromatic N) is 1. The molecule has 0 bridgehead atoms. The highest BCUT2D eigenvalue weighted by Crippen LogP contribution is 2.04. The van der Waals surface area contributed by atoms with Gasteiger partial charge in [0.25, 0.3) is 5.91 Å². The minimum atomic E-state index is -0.133. The fourth-order valence-corrected chi connectivity index (χ4v) is 1.29. The van der Waals surface area contributed by atoms with E-state index in [0.717, 1.165) is 11.3 Å². The largest absolute Gasteiger partial charge is 0.322 e. The van der Waals surface area contributed by atoms with Gasteiger partial charge in [-0.25, -0.2) is 0 Å². The molecule has 1 N–H and O–H groups in total. The van der Waals surface area contributed by atoms with Gasteiger partial charge < -0.3 is 5.32 Å². The molecule has 0 unspecified atom stereocenters. The molecule has 1 aliphatic heterocycles. The molecule has 2 rings (SSSR count). The van der Waals surface area contributed by atoms with Crippen LogP contribution in [0.3, 0.4) is 0 Å². The van der Waals surface area contributed by atoms with E-state index in [0.29, 0.717) is 5.56 Å². The second kappa shape index (κ2) is 4.57. The van der Waals surface area contributed by atoms with Crippen LogP contribution in [0.25, 0.3) is 0 Å². The molecule has 0 aromatic heterocycles. The van der Waals surface area contributed by atoms with Crippen molar-refractivity contribution in [3.63, 3.8) is 0 Å². The van der Waals surface area contributed by atoms with Crippen LogP contribution in [-0.2, 0) is 0 Å². The SMILES string of the molecule is [CH2]c1ccc(C(=O)NC2=CC=[N+]C=C2)cc1. The van der Waals surface area contributed by atoms with E-state index < -0.39 is 0 Å². The lowest BCUT2D eigenvalue weighted by Gasteiger charge is -2.04. The van der Waals surface area contributed by atoms with E-state index in [-0.39, 0.29) is 5.91 Å². The highest BCUT2D eigenvalue weighted by Gasteiger charge is 2.07. The zero-order valence-corrected chi connectivity index (χ0v) is 8.68. The van der Waals surface area contributed by atoms with Crippen molar-refractivity contribution in [2.45, 2.75) is 0 Å². The van der Waals surface area contributed by atoms with Crippen molar-refractivity contribution in [1.82, 2.24) is 10.3 Å². The molecule has 1 aromatic rings. The molecule has 78 valence electrons. The number of rotatable bonds is 2. The van der Waals surface area contributed by atoms with Gasteiger partial charge in [0.15, 0.2) is 0 Å². The fraction of sp³-hybridized carbons (Fsp3) is 0. The lowest BCUT2D eigenvalue weighted by molar-refractivity contribution is 0.0967. The van der Waals surface area contributed by atoms with Crippen molar-refractivity contribution in [3.05, 3.63) is 66.4 Å². The van der Waals surface area contributed by atoms with Gasteiger partial charge in [0, 0.05) is 17.7 Å². The molecule has 0 spiro atoms. The van der Waals surface area contributed by atoms with E-state index in [4.69, 9.17) is 0 Å². The van der Waals surface area contributed by atoms with Gasteiger partial charge in [-0.3, -0.25) is 4.79 Å². The van der Waals surface area contributed by atoms with E-state index >= 15 is 0 Å². The van der Waals surface area contributed by atoms with Gasteiger partial charge in [0.05, 0.1) is 10.7 Å². The van der Waals surface area contributed by atoms with E-state index in [1.165, 1.54) is 0 Å². The number of amides is 1. The topological polar surface area (TPSA) is 43.2 Å². The summed E-state index contributed by atoms with van der Waals surface area (Å²) in [6.07, 6.45) is 6.75. The Labute approximate surface area is 94.2 Å². The first-order valence-corrected chi connectivity index (χ1v) is 4.89. The molecule has 1 amide bonds. The summed E-state index contributed by atoms with van der Waals surface area (Å²) < 4.78 is 0. The summed E-state index contributed by atoms with van der Waals surface area (Å²) >= 11 is 0. The number of hydrogen-bond donors (Lipinski definition) is 1. The molecule has 16 heavy (non-hydrogen) atoms. The number of carbonyl (C=O) groups is 1. The smallest absolute Gasteiger partial charge is 0.255 e. The minimum Gasteiger partial charge on any atom is -0.322 e. The van der Waals surface area contributed by atoms with Crippen LogP contribution < -0.4 is 10.3 Å². The van der Waals surface area contributed by atoms with Gasteiger partial charge in [-0.1, -0.05) is 12.1 Å².